The largest absolute Gasteiger partial charge is 0.494 e. The Morgan fingerprint density at radius 3 is 1.60 bits per heavy atom. The number of esters is 3. The molecule has 3 rings (SSSR count). The topological polar surface area (TPSA) is 136 Å². The van der Waals surface area contributed by atoms with Crippen LogP contribution in [0.4, 0.5) is 5.69 Å². The van der Waals surface area contributed by atoms with Crippen molar-refractivity contribution in [3.8, 4) is 23.0 Å². The van der Waals surface area contributed by atoms with Gasteiger partial charge >= 0.3 is 17.9 Å². The summed E-state index contributed by atoms with van der Waals surface area (Å²) >= 11 is 0. The molecule has 3 aromatic carbocycles. The van der Waals surface area contributed by atoms with E-state index >= 15 is 0 Å². The van der Waals surface area contributed by atoms with E-state index in [1.165, 1.54) is 25.3 Å². The highest BCUT2D eigenvalue weighted by molar-refractivity contribution is 6.03. The van der Waals surface area contributed by atoms with Gasteiger partial charge in [0, 0.05) is 30.4 Å². The molecule has 0 saturated carbocycles. The molecular formula is C39H41NO10. The molecule has 3 aromatic rings. The Bertz CT molecular complexity index is 1640. The molecule has 0 spiro atoms. The van der Waals surface area contributed by atoms with Gasteiger partial charge < -0.3 is 33.7 Å². The maximum absolute atomic E-state index is 12.6. The van der Waals surface area contributed by atoms with Gasteiger partial charge in [-0.3, -0.25) is 4.79 Å². The summed E-state index contributed by atoms with van der Waals surface area (Å²) in [4.78, 5) is 47.1. The number of unbranched alkanes of at least 4 members (excludes halogenated alkanes) is 2. The molecule has 1 amide bonds. The van der Waals surface area contributed by atoms with Gasteiger partial charge in [0.15, 0.2) is 0 Å². The minimum Gasteiger partial charge on any atom is -0.494 e. The van der Waals surface area contributed by atoms with Crippen LogP contribution in [0.3, 0.4) is 0 Å². The fourth-order valence-corrected chi connectivity index (χ4v) is 4.10. The van der Waals surface area contributed by atoms with Crippen LogP contribution in [0.15, 0.2) is 104 Å². The van der Waals surface area contributed by atoms with Crippen molar-refractivity contribution < 1.29 is 47.6 Å². The molecule has 0 unspecified atom stereocenters. The minimum absolute atomic E-state index is 0.242. The third-order valence-corrected chi connectivity index (χ3v) is 6.69. The van der Waals surface area contributed by atoms with Gasteiger partial charge in [0.1, 0.15) is 23.0 Å². The van der Waals surface area contributed by atoms with Gasteiger partial charge in [0.2, 0.25) is 5.91 Å². The highest BCUT2D eigenvalue weighted by Crippen LogP contribution is 2.29. The molecule has 0 heterocycles. The molecule has 0 aromatic heterocycles. The molecule has 11 heteroatoms. The van der Waals surface area contributed by atoms with Gasteiger partial charge in [-0.05, 0) is 85.4 Å². The van der Waals surface area contributed by atoms with Crippen molar-refractivity contribution in [1.82, 2.24) is 0 Å². The van der Waals surface area contributed by atoms with E-state index in [0.29, 0.717) is 62.2 Å². The first-order chi connectivity index (χ1) is 24.3. The van der Waals surface area contributed by atoms with E-state index in [4.69, 9.17) is 28.4 Å². The van der Waals surface area contributed by atoms with Gasteiger partial charge in [-0.1, -0.05) is 37.4 Å². The van der Waals surface area contributed by atoms with Crippen molar-refractivity contribution in [3.05, 3.63) is 115 Å². The van der Waals surface area contributed by atoms with Crippen molar-refractivity contribution in [3.63, 3.8) is 0 Å². The lowest BCUT2D eigenvalue weighted by Crippen LogP contribution is -2.09. The molecule has 0 aliphatic rings. The molecule has 262 valence electrons. The van der Waals surface area contributed by atoms with E-state index < -0.39 is 17.9 Å². The molecule has 11 nitrogen and oxygen atoms in total. The van der Waals surface area contributed by atoms with Crippen molar-refractivity contribution in [2.75, 3.05) is 38.9 Å². The number of carbonyl (C=O) groups excluding carboxylic acids is 4. The Hall–Kier alpha value is -6.10. The SMILES string of the molecule is C=CC(=O)OCCCCOc1ccc(/C=C/C(=O)Nc2ccc(OC(=O)/C=C/c3ccc(OCCCCOC(=O)C=C)cc3)cc2OC)cc1. The molecule has 0 fully saturated rings. The van der Waals surface area contributed by atoms with Gasteiger partial charge in [-0.15, -0.1) is 0 Å². The van der Waals surface area contributed by atoms with E-state index in [0.717, 1.165) is 36.1 Å². The summed E-state index contributed by atoms with van der Waals surface area (Å²) in [5.41, 5.74) is 1.97. The van der Waals surface area contributed by atoms with Crippen LogP contribution in [0.5, 0.6) is 23.0 Å². The Morgan fingerprint density at radius 2 is 1.10 bits per heavy atom. The smallest absolute Gasteiger partial charge is 0.336 e. The predicted octanol–water partition coefficient (Wildman–Crippen LogP) is 6.74. The van der Waals surface area contributed by atoms with E-state index in [9.17, 15) is 19.2 Å². The van der Waals surface area contributed by atoms with Gasteiger partial charge in [0.05, 0.1) is 39.2 Å². The third-order valence-electron chi connectivity index (χ3n) is 6.69. The number of hydrogen-bond donors (Lipinski definition) is 1. The Kier molecular flexibility index (Phi) is 16.7. The second kappa shape index (κ2) is 21.7. The molecule has 50 heavy (non-hydrogen) atoms. The Morgan fingerprint density at radius 1 is 0.620 bits per heavy atom. The summed E-state index contributed by atoms with van der Waals surface area (Å²) in [5.74, 6) is 0.0753. The van der Waals surface area contributed by atoms with Crippen LogP contribution in [0.25, 0.3) is 12.2 Å². The number of ether oxygens (including phenoxy) is 6. The van der Waals surface area contributed by atoms with E-state index in [2.05, 4.69) is 18.5 Å². The number of nitrogens with one attached hydrogen (secondary N) is 1. The van der Waals surface area contributed by atoms with E-state index in [-0.39, 0.29) is 11.7 Å². The number of rotatable bonds is 21. The van der Waals surface area contributed by atoms with Gasteiger partial charge in [-0.25, -0.2) is 14.4 Å². The number of hydrogen-bond acceptors (Lipinski definition) is 10. The van der Waals surface area contributed by atoms with Crippen LogP contribution in [0.2, 0.25) is 0 Å². The minimum atomic E-state index is -0.591. The summed E-state index contributed by atoms with van der Waals surface area (Å²) in [5, 5.41) is 2.76. The summed E-state index contributed by atoms with van der Waals surface area (Å²) < 4.78 is 32.0. The molecule has 0 atom stereocenters. The molecular weight excluding hydrogens is 642 g/mol. The first-order valence-electron chi connectivity index (χ1n) is 15.9. The van der Waals surface area contributed by atoms with Crippen molar-refractivity contribution in [2.24, 2.45) is 0 Å². The molecule has 1 N–H and O–H groups in total. The number of anilines is 1. The quantitative estimate of drug-likeness (QED) is 0.0556. The molecule has 0 radical (unpaired) electrons. The second-order valence-corrected chi connectivity index (χ2v) is 10.4. The highest BCUT2D eigenvalue weighted by Gasteiger charge is 2.10. The third kappa shape index (κ3) is 14.8. The lowest BCUT2D eigenvalue weighted by molar-refractivity contribution is -0.138. The van der Waals surface area contributed by atoms with Crippen LogP contribution in [0.1, 0.15) is 36.8 Å². The first kappa shape index (κ1) is 38.3. The van der Waals surface area contributed by atoms with Crippen LogP contribution in [-0.2, 0) is 28.7 Å². The highest BCUT2D eigenvalue weighted by atomic mass is 16.5. The van der Waals surface area contributed by atoms with Crippen LogP contribution >= 0.6 is 0 Å². The van der Waals surface area contributed by atoms with Gasteiger partial charge in [-0.2, -0.15) is 0 Å². The van der Waals surface area contributed by atoms with Crippen LogP contribution in [-0.4, -0.2) is 57.4 Å². The molecule has 0 aliphatic heterocycles. The molecule has 0 aliphatic carbocycles. The standard InChI is InChI=1S/C39H41NO10/c1-4-37(42)48-26-8-6-24-46-31-16-10-29(11-17-31)14-22-36(41)40-34-21-20-33(28-35(34)45-3)50-39(44)23-15-30-12-18-32(19-13-30)47-25-7-9-27-49-38(43)5-2/h4-5,10-23,28H,1-2,6-9,24-27H2,3H3,(H,40,41)/b22-14+,23-15+. The van der Waals surface area contributed by atoms with Crippen LogP contribution < -0.4 is 24.3 Å². The number of methoxy groups -OCH3 is 1. The first-order valence-corrected chi connectivity index (χ1v) is 15.9. The predicted molar refractivity (Wildman–Crippen MR) is 190 cm³/mol. The lowest BCUT2D eigenvalue weighted by atomic mass is 10.2. The van der Waals surface area contributed by atoms with Crippen molar-refractivity contribution in [2.45, 2.75) is 25.7 Å². The fraction of sp³-hybridized carbons (Fsp3) is 0.231. The van der Waals surface area contributed by atoms with Crippen LogP contribution in [0, 0.1) is 0 Å². The monoisotopic (exact) mass is 683 g/mol. The Balaban J connectivity index is 1.41. The average Bonchev–Trinajstić information content (AvgIpc) is 3.13. The fourth-order valence-electron chi connectivity index (χ4n) is 4.10. The average molecular weight is 684 g/mol. The summed E-state index contributed by atoms with van der Waals surface area (Å²) in [6, 6.07) is 19.1. The van der Waals surface area contributed by atoms with Gasteiger partial charge in [0.25, 0.3) is 0 Å². The van der Waals surface area contributed by atoms with Crippen molar-refractivity contribution in [1.29, 1.82) is 0 Å². The Labute approximate surface area is 291 Å². The lowest BCUT2D eigenvalue weighted by Gasteiger charge is -2.11. The number of benzene rings is 3. The van der Waals surface area contributed by atoms with E-state index in [1.807, 2.05) is 24.3 Å². The second-order valence-electron chi connectivity index (χ2n) is 10.4. The zero-order chi connectivity index (χ0) is 36.0. The normalized spacial score (nSPS) is 10.7. The summed E-state index contributed by atoms with van der Waals surface area (Å²) in [7, 11) is 1.45. The molecule has 0 saturated heterocycles. The zero-order valence-electron chi connectivity index (χ0n) is 28.0. The van der Waals surface area contributed by atoms with Crippen molar-refractivity contribution >= 4 is 41.7 Å². The number of carbonyl (C=O) groups is 4. The summed E-state index contributed by atoms with van der Waals surface area (Å²) in [6.45, 7) is 8.29. The zero-order valence-corrected chi connectivity index (χ0v) is 28.0. The summed E-state index contributed by atoms with van der Waals surface area (Å²) in [6.07, 6.45) is 11.1. The molecule has 0 bridgehead atoms. The number of amides is 1. The van der Waals surface area contributed by atoms with E-state index in [1.54, 1.807) is 48.6 Å². The maximum atomic E-state index is 12.6. The maximum Gasteiger partial charge on any atom is 0.336 e.